The summed E-state index contributed by atoms with van der Waals surface area (Å²) in [6.45, 7) is -0.679. The predicted molar refractivity (Wildman–Crippen MR) is 220 cm³/mol. The normalized spacial score (nSPS) is 22.3. The molecule has 9 atom stereocenters. The van der Waals surface area contributed by atoms with Gasteiger partial charge in [0.25, 0.3) is 0 Å². The van der Waals surface area contributed by atoms with E-state index in [1.165, 1.54) is 11.1 Å². The Balaban J connectivity index is 1.46. The van der Waals surface area contributed by atoms with Gasteiger partial charge in [-0.25, -0.2) is 9.79 Å². The molecule has 5 rings (SSSR count). The molecular weight excluding hydrogens is 745 g/mol. The predicted octanol–water partition coefficient (Wildman–Crippen LogP) is 2.97. The van der Waals surface area contributed by atoms with Crippen molar-refractivity contribution in [2.75, 3.05) is 6.61 Å². The number of carboxylic acids is 1. The van der Waals surface area contributed by atoms with E-state index in [9.17, 15) is 45.0 Å². The average Bonchev–Trinajstić information content (AvgIpc) is 3.72. The molecule has 1 aliphatic carbocycles. The second kappa shape index (κ2) is 21.4. The fourth-order valence-corrected chi connectivity index (χ4v) is 8.72. The molecule has 2 heterocycles. The minimum atomic E-state index is -1.46. The number of nitrogens with zero attached hydrogens (tertiary/aromatic N) is 2. The molecule has 58 heavy (non-hydrogen) atoms. The molecule has 0 spiro atoms. The van der Waals surface area contributed by atoms with Gasteiger partial charge in [-0.1, -0.05) is 60.9 Å². The van der Waals surface area contributed by atoms with Crippen molar-refractivity contribution in [3.63, 3.8) is 0 Å². The third kappa shape index (κ3) is 12.2. The summed E-state index contributed by atoms with van der Waals surface area (Å²) in [6.07, 6.45) is 6.68. The quantitative estimate of drug-likeness (QED) is 0.0377. The number of aliphatic hydroxyl groups excluding tert-OH is 4. The number of nitrogens with one attached hydrogen (secondary N) is 2. The first kappa shape index (κ1) is 44.5. The molecule has 15 nitrogen and oxygen atoms in total. The van der Waals surface area contributed by atoms with Gasteiger partial charge in [-0.2, -0.15) is 0 Å². The molecule has 2 aliphatic rings. The summed E-state index contributed by atoms with van der Waals surface area (Å²) in [4.78, 5) is 43.2. The fraction of sp³-hybridized carbons (Fsp3) is 0.535. The van der Waals surface area contributed by atoms with Crippen LogP contribution in [-0.4, -0.2) is 109 Å². The van der Waals surface area contributed by atoms with Crippen LogP contribution in [0.4, 0.5) is 5.82 Å². The lowest BCUT2D eigenvalue weighted by molar-refractivity contribution is -0.131. The highest BCUT2D eigenvalue weighted by Gasteiger charge is 2.37. The van der Waals surface area contributed by atoms with Crippen molar-refractivity contribution in [2.24, 2.45) is 28.3 Å². The van der Waals surface area contributed by atoms with E-state index in [-0.39, 0.29) is 42.6 Å². The van der Waals surface area contributed by atoms with Crippen molar-refractivity contribution in [1.82, 2.24) is 10.3 Å². The number of hydrogen-bond donors (Lipinski definition) is 10. The van der Waals surface area contributed by atoms with Crippen LogP contribution in [0.5, 0.6) is 0 Å². The molecule has 15 heteroatoms. The summed E-state index contributed by atoms with van der Waals surface area (Å²) in [6, 6.07) is 11.6. The maximum absolute atomic E-state index is 12.5. The van der Waals surface area contributed by atoms with Gasteiger partial charge in [0, 0.05) is 24.5 Å². The van der Waals surface area contributed by atoms with Gasteiger partial charge in [0.15, 0.2) is 12.2 Å². The number of fused-ring (bicyclic) bond motifs is 2. The third-order valence-corrected chi connectivity index (χ3v) is 11.8. The number of aromatic nitrogens is 1. The number of hydrogen-bond acceptors (Lipinski definition) is 12. The SMILES string of the molecule is NC1=NC(C(=CC(=O)O)C(CC2CCc3cc4ccc(CC=O)cc4cc3C2CCCC(N)CCC(C=O)CCC(O)O)[N-]c2ccc[nH]2)CC(C(O)C(O)CO)N1. The number of carbonyl (C=O) groups is 3. The minimum Gasteiger partial charge on any atom is -0.478 e. The highest BCUT2D eigenvalue weighted by atomic mass is 16.5. The van der Waals surface area contributed by atoms with Crippen LogP contribution in [0.15, 0.2) is 65.3 Å². The summed E-state index contributed by atoms with van der Waals surface area (Å²) >= 11 is 0. The van der Waals surface area contributed by atoms with Gasteiger partial charge < -0.3 is 67.3 Å². The number of aromatic amines is 1. The Morgan fingerprint density at radius 2 is 1.81 bits per heavy atom. The van der Waals surface area contributed by atoms with Gasteiger partial charge in [0.2, 0.25) is 0 Å². The molecule has 316 valence electrons. The van der Waals surface area contributed by atoms with Gasteiger partial charge in [-0.15, -0.1) is 0 Å². The van der Waals surface area contributed by atoms with Gasteiger partial charge in [0.05, 0.1) is 18.7 Å². The zero-order chi connectivity index (χ0) is 41.8. The van der Waals surface area contributed by atoms with E-state index in [0.717, 1.165) is 60.7 Å². The summed E-state index contributed by atoms with van der Waals surface area (Å²) in [5.41, 5.74) is 16.5. The molecule has 3 aromatic rings. The summed E-state index contributed by atoms with van der Waals surface area (Å²) in [5, 5.41) is 69.4. The van der Waals surface area contributed by atoms with Crippen molar-refractivity contribution in [3.05, 3.63) is 82.3 Å². The summed E-state index contributed by atoms with van der Waals surface area (Å²) in [7, 11) is 0. The second-order valence-electron chi connectivity index (χ2n) is 15.9. The number of benzene rings is 2. The van der Waals surface area contributed by atoms with E-state index in [0.29, 0.717) is 49.9 Å². The number of aliphatic hydroxyl groups is 5. The van der Waals surface area contributed by atoms with Crippen LogP contribution in [0.2, 0.25) is 0 Å². The van der Waals surface area contributed by atoms with Crippen molar-refractivity contribution >= 4 is 41.1 Å². The average molecular weight is 804 g/mol. The molecule has 0 amide bonds. The number of aliphatic imine (C=N–C) groups is 1. The molecule has 1 aliphatic heterocycles. The zero-order valence-corrected chi connectivity index (χ0v) is 32.8. The van der Waals surface area contributed by atoms with Crippen LogP contribution in [0.1, 0.15) is 86.8 Å². The zero-order valence-electron chi connectivity index (χ0n) is 32.8. The highest BCUT2D eigenvalue weighted by molar-refractivity contribution is 5.86. The van der Waals surface area contributed by atoms with E-state index in [1.54, 1.807) is 18.3 Å². The lowest BCUT2D eigenvalue weighted by atomic mass is 9.69. The van der Waals surface area contributed by atoms with Crippen LogP contribution in [0.25, 0.3) is 16.1 Å². The Morgan fingerprint density at radius 3 is 2.50 bits per heavy atom. The van der Waals surface area contributed by atoms with Crippen molar-refractivity contribution < 1.29 is 45.0 Å². The highest BCUT2D eigenvalue weighted by Crippen LogP contribution is 2.46. The monoisotopic (exact) mass is 803 g/mol. The molecule has 0 fully saturated rings. The van der Waals surface area contributed by atoms with E-state index < -0.39 is 49.2 Å². The fourth-order valence-electron chi connectivity index (χ4n) is 8.72. The van der Waals surface area contributed by atoms with Gasteiger partial charge in [-0.05, 0) is 115 Å². The van der Waals surface area contributed by atoms with E-state index >= 15 is 0 Å². The Morgan fingerprint density at radius 1 is 1.02 bits per heavy atom. The van der Waals surface area contributed by atoms with E-state index in [4.69, 9.17) is 16.8 Å². The largest absolute Gasteiger partial charge is 0.478 e. The van der Waals surface area contributed by atoms with E-state index in [2.05, 4.69) is 33.5 Å². The lowest BCUT2D eigenvalue weighted by Gasteiger charge is -2.41. The van der Waals surface area contributed by atoms with E-state index in [1.807, 2.05) is 12.1 Å². The first-order chi connectivity index (χ1) is 27.9. The maximum atomic E-state index is 12.5. The number of nitrogens with two attached hydrogens (primary N) is 2. The minimum absolute atomic E-state index is 0.0326. The van der Waals surface area contributed by atoms with Crippen LogP contribution in [0, 0.1) is 11.8 Å². The third-order valence-electron chi connectivity index (χ3n) is 11.8. The van der Waals surface area contributed by atoms with Crippen molar-refractivity contribution in [3.8, 4) is 0 Å². The Bertz CT molecular complexity index is 1870. The molecule has 0 radical (unpaired) electrons. The molecule has 2 aromatic carbocycles. The number of carbonyl (C=O) groups excluding carboxylic acids is 2. The molecular formula is C43H59N6O9-. The molecule has 1 aromatic heterocycles. The number of rotatable bonds is 23. The first-order valence-corrected chi connectivity index (χ1v) is 20.3. The maximum Gasteiger partial charge on any atom is 0.328 e. The topological polar surface area (TPSA) is 279 Å². The van der Waals surface area contributed by atoms with Gasteiger partial charge in [-0.3, -0.25) is 0 Å². The molecule has 9 unspecified atom stereocenters. The lowest BCUT2D eigenvalue weighted by Crippen LogP contribution is -2.56. The Hall–Kier alpha value is -4.64. The molecule has 0 saturated carbocycles. The number of aliphatic carboxylic acids is 1. The number of carboxylic acid groups (broad SMARTS) is 1. The van der Waals surface area contributed by atoms with Crippen LogP contribution >= 0.6 is 0 Å². The number of guanidine groups is 1. The molecule has 0 saturated heterocycles. The molecule has 0 bridgehead atoms. The van der Waals surface area contributed by atoms with Crippen LogP contribution < -0.4 is 16.8 Å². The number of aryl methyl sites for hydroxylation is 1. The Kier molecular flexibility index (Phi) is 16.4. The van der Waals surface area contributed by atoms with Crippen LogP contribution in [0.3, 0.4) is 0 Å². The summed E-state index contributed by atoms with van der Waals surface area (Å²) in [5.74, 6) is -0.909. The smallest absolute Gasteiger partial charge is 0.328 e. The number of aldehydes is 2. The Labute approximate surface area is 338 Å². The van der Waals surface area contributed by atoms with Gasteiger partial charge >= 0.3 is 5.97 Å². The van der Waals surface area contributed by atoms with Crippen molar-refractivity contribution in [1.29, 1.82) is 0 Å². The first-order valence-electron chi connectivity index (χ1n) is 20.3. The molecule has 12 N–H and O–H groups in total. The standard InChI is InChI=1S/C43H59N6O9/c44-31(12-7-26(23-51)8-13-40(54)55)3-1-4-32-29(11-10-28-18-27-9-6-25(14-16-50)17-30(27)19-33(28)32)20-35(47-39-5-2-15-46-39)34(21-41(56)57)36-22-37(49-43(45)48-36)42(58)38(53)24-52/h2,5-6,9,15-19,21,23,26,29,31-32,35-38,40,42,46,52-55,58H,1,3-4,7-8,10-14,20,22,24,44H2,(H,56,57)(H3,45,48,49)/q-1. The van der Waals surface area contributed by atoms with Crippen LogP contribution in [-0.2, 0) is 27.2 Å². The van der Waals surface area contributed by atoms with Crippen molar-refractivity contribution in [2.45, 2.75) is 126 Å². The summed E-state index contributed by atoms with van der Waals surface area (Å²) < 4.78 is 0. The second-order valence-corrected chi connectivity index (χ2v) is 15.9. The number of H-pyrrole nitrogens is 1. The van der Waals surface area contributed by atoms with Gasteiger partial charge in [0.1, 0.15) is 24.8 Å².